The Morgan fingerprint density at radius 3 is 2.12 bits per heavy atom. The maximum absolute atomic E-state index is 9.01. The summed E-state index contributed by atoms with van der Waals surface area (Å²) < 4.78 is 0. The SMILES string of the molecule is N#CC(C#N)=Cc1ccc(-c2ccc(N(c3ccccc3)c3cccc4ccccc34)cc2)s1. The van der Waals surface area contributed by atoms with Crippen LogP contribution in [-0.2, 0) is 0 Å². The van der Waals surface area contributed by atoms with Crippen molar-refractivity contribution in [3.8, 4) is 22.6 Å². The molecule has 160 valence electrons. The highest BCUT2D eigenvalue weighted by molar-refractivity contribution is 7.16. The molecule has 0 aliphatic carbocycles. The number of hydrogen-bond acceptors (Lipinski definition) is 4. The summed E-state index contributed by atoms with van der Waals surface area (Å²) in [5.74, 6) is 0. The van der Waals surface area contributed by atoms with E-state index in [0.29, 0.717) is 0 Å². The molecule has 0 saturated carbocycles. The number of nitrogens with zero attached hydrogens (tertiary/aromatic N) is 3. The predicted molar refractivity (Wildman–Crippen MR) is 141 cm³/mol. The van der Waals surface area contributed by atoms with Crippen molar-refractivity contribution in [3.05, 3.63) is 120 Å². The monoisotopic (exact) mass is 453 g/mol. The van der Waals surface area contributed by atoms with Crippen LogP contribution in [0.1, 0.15) is 4.88 Å². The molecule has 0 aliphatic heterocycles. The molecule has 0 saturated heterocycles. The maximum atomic E-state index is 9.01. The molecule has 4 aromatic carbocycles. The summed E-state index contributed by atoms with van der Waals surface area (Å²) in [6.07, 6.45) is 1.63. The van der Waals surface area contributed by atoms with Crippen LogP contribution in [0.4, 0.5) is 17.1 Å². The van der Waals surface area contributed by atoms with Gasteiger partial charge in [0.25, 0.3) is 0 Å². The van der Waals surface area contributed by atoms with Gasteiger partial charge in [-0.15, -0.1) is 11.3 Å². The van der Waals surface area contributed by atoms with E-state index < -0.39 is 0 Å². The van der Waals surface area contributed by atoms with Gasteiger partial charge in [-0.1, -0.05) is 66.7 Å². The number of nitriles is 2. The summed E-state index contributed by atoms with van der Waals surface area (Å²) in [6.45, 7) is 0. The van der Waals surface area contributed by atoms with Crippen molar-refractivity contribution in [3.63, 3.8) is 0 Å². The standard InChI is InChI=1S/C30H19N3S/c31-20-22(21-32)19-27-17-18-30(34-27)24-13-15-26(16-14-24)33(25-9-2-1-3-10-25)29-12-6-8-23-7-4-5-11-28(23)29/h1-19H. The first-order chi connectivity index (χ1) is 16.8. The van der Waals surface area contributed by atoms with Crippen LogP contribution < -0.4 is 4.90 Å². The van der Waals surface area contributed by atoms with Crippen LogP contribution in [0.25, 0.3) is 27.3 Å². The molecule has 34 heavy (non-hydrogen) atoms. The van der Waals surface area contributed by atoms with E-state index in [1.807, 2.05) is 30.3 Å². The van der Waals surface area contributed by atoms with Gasteiger partial charge < -0.3 is 4.90 Å². The van der Waals surface area contributed by atoms with Crippen molar-refractivity contribution < 1.29 is 0 Å². The third kappa shape index (κ3) is 4.19. The minimum atomic E-state index is 0.109. The van der Waals surface area contributed by atoms with Gasteiger partial charge in [-0.3, -0.25) is 0 Å². The number of rotatable bonds is 5. The van der Waals surface area contributed by atoms with Gasteiger partial charge >= 0.3 is 0 Å². The number of thiophene rings is 1. The molecule has 0 amide bonds. The highest BCUT2D eigenvalue weighted by Gasteiger charge is 2.15. The maximum Gasteiger partial charge on any atom is 0.131 e. The second kappa shape index (κ2) is 9.46. The number of para-hydroxylation sites is 1. The summed E-state index contributed by atoms with van der Waals surface area (Å²) >= 11 is 1.56. The Labute approximate surface area is 202 Å². The Kier molecular flexibility index (Phi) is 5.91. The van der Waals surface area contributed by atoms with Gasteiger partial charge in [-0.05, 0) is 59.5 Å². The largest absolute Gasteiger partial charge is 0.310 e. The van der Waals surface area contributed by atoms with Crippen LogP contribution in [0.5, 0.6) is 0 Å². The third-order valence-electron chi connectivity index (χ3n) is 5.59. The van der Waals surface area contributed by atoms with E-state index in [0.717, 1.165) is 32.4 Å². The van der Waals surface area contributed by atoms with Crippen LogP contribution in [0.15, 0.2) is 115 Å². The van der Waals surface area contributed by atoms with Crippen molar-refractivity contribution >= 4 is 45.2 Å². The van der Waals surface area contributed by atoms with Crippen molar-refractivity contribution in [2.45, 2.75) is 0 Å². The zero-order valence-corrected chi connectivity index (χ0v) is 19.0. The summed E-state index contributed by atoms with van der Waals surface area (Å²) in [7, 11) is 0. The lowest BCUT2D eigenvalue weighted by Gasteiger charge is -2.27. The number of fused-ring (bicyclic) bond motifs is 1. The summed E-state index contributed by atoms with van der Waals surface area (Å²) in [6, 6.07) is 41.5. The molecular weight excluding hydrogens is 434 g/mol. The molecule has 0 aliphatic rings. The van der Waals surface area contributed by atoms with Gasteiger partial charge in [0.05, 0.1) is 5.69 Å². The summed E-state index contributed by atoms with van der Waals surface area (Å²) in [5, 5.41) is 20.4. The molecule has 0 radical (unpaired) electrons. The second-order valence-corrected chi connectivity index (χ2v) is 8.82. The lowest BCUT2D eigenvalue weighted by atomic mass is 10.1. The van der Waals surface area contributed by atoms with Crippen LogP contribution in [0, 0.1) is 22.7 Å². The first kappa shape index (κ1) is 21.2. The van der Waals surface area contributed by atoms with Crippen molar-refractivity contribution in [1.82, 2.24) is 0 Å². The van der Waals surface area contributed by atoms with Crippen LogP contribution in [-0.4, -0.2) is 0 Å². The van der Waals surface area contributed by atoms with Gasteiger partial charge in [0.2, 0.25) is 0 Å². The molecule has 0 spiro atoms. The fourth-order valence-electron chi connectivity index (χ4n) is 4.00. The van der Waals surface area contributed by atoms with Gasteiger partial charge in [0, 0.05) is 26.5 Å². The average molecular weight is 454 g/mol. The lowest BCUT2D eigenvalue weighted by molar-refractivity contribution is 1.30. The van der Waals surface area contributed by atoms with Crippen molar-refractivity contribution in [2.75, 3.05) is 4.90 Å². The van der Waals surface area contributed by atoms with E-state index in [1.165, 1.54) is 10.8 Å². The molecule has 0 unspecified atom stereocenters. The molecule has 4 heteroatoms. The molecule has 3 nitrogen and oxygen atoms in total. The minimum absolute atomic E-state index is 0.109. The van der Waals surface area contributed by atoms with Gasteiger partial charge in [-0.25, -0.2) is 0 Å². The Hall–Kier alpha value is -4.64. The molecule has 0 N–H and O–H groups in total. The molecule has 0 fully saturated rings. The molecule has 0 bridgehead atoms. The molecule has 5 rings (SSSR count). The van der Waals surface area contributed by atoms with Crippen LogP contribution >= 0.6 is 11.3 Å². The molecular formula is C30H19N3S. The highest BCUT2D eigenvalue weighted by atomic mass is 32.1. The first-order valence-corrected chi connectivity index (χ1v) is 11.6. The fourth-order valence-corrected chi connectivity index (χ4v) is 4.96. The topological polar surface area (TPSA) is 50.8 Å². The highest BCUT2D eigenvalue weighted by Crippen LogP contribution is 2.39. The Morgan fingerprint density at radius 2 is 1.35 bits per heavy atom. The number of hydrogen-bond donors (Lipinski definition) is 0. The van der Waals surface area contributed by atoms with Gasteiger partial charge in [0.1, 0.15) is 17.7 Å². The average Bonchev–Trinajstić information content (AvgIpc) is 3.37. The van der Waals surface area contributed by atoms with E-state index in [9.17, 15) is 0 Å². The van der Waals surface area contributed by atoms with Crippen molar-refractivity contribution in [1.29, 1.82) is 10.5 Å². The second-order valence-electron chi connectivity index (χ2n) is 7.70. The Morgan fingerprint density at radius 1 is 0.676 bits per heavy atom. The van der Waals surface area contributed by atoms with Gasteiger partial charge in [0.15, 0.2) is 0 Å². The van der Waals surface area contributed by atoms with Crippen LogP contribution in [0.2, 0.25) is 0 Å². The minimum Gasteiger partial charge on any atom is -0.310 e. The number of allylic oxidation sites excluding steroid dienone is 1. The zero-order valence-electron chi connectivity index (χ0n) is 18.2. The molecule has 1 heterocycles. The number of anilines is 3. The third-order valence-corrected chi connectivity index (χ3v) is 6.67. The van der Waals surface area contributed by atoms with Crippen molar-refractivity contribution in [2.24, 2.45) is 0 Å². The number of benzene rings is 4. The molecule has 5 aromatic rings. The first-order valence-electron chi connectivity index (χ1n) is 10.8. The van der Waals surface area contributed by atoms with Gasteiger partial charge in [-0.2, -0.15) is 10.5 Å². The van der Waals surface area contributed by atoms with E-state index in [4.69, 9.17) is 10.5 Å². The smallest absolute Gasteiger partial charge is 0.131 e. The van der Waals surface area contributed by atoms with E-state index >= 15 is 0 Å². The predicted octanol–water partition coefficient (Wildman–Crippen LogP) is 8.47. The summed E-state index contributed by atoms with van der Waals surface area (Å²) in [4.78, 5) is 4.25. The van der Waals surface area contributed by atoms with E-state index in [1.54, 1.807) is 17.4 Å². The van der Waals surface area contributed by atoms with E-state index in [2.05, 4.69) is 95.9 Å². The zero-order chi connectivity index (χ0) is 23.3. The lowest BCUT2D eigenvalue weighted by Crippen LogP contribution is -2.10. The fraction of sp³-hybridized carbons (Fsp3) is 0. The Bertz CT molecular complexity index is 1540. The molecule has 0 atom stereocenters. The Balaban J connectivity index is 1.56. The summed E-state index contributed by atoms with van der Waals surface area (Å²) in [5.41, 5.74) is 4.49. The molecule has 1 aromatic heterocycles. The normalized spacial score (nSPS) is 10.3. The quantitative estimate of drug-likeness (QED) is 0.251. The van der Waals surface area contributed by atoms with E-state index in [-0.39, 0.29) is 5.57 Å². The van der Waals surface area contributed by atoms with Crippen LogP contribution in [0.3, 0.4) is 0 Å².